The second-order valence-corrected chi connectivity index (χ2v) is 17.9. The molecule has 1 aromatic rings. The summed E-state index contributed by atoms with van der Waals surface area (Å²) in [4.78, 5) is 60.7. The summed E-state index contributed by atoms with van der Waals surface area (Å²) in [6.07, 6.45) is 0.0859. The van der Waals surface area contributed by atoms with E-state index in [1.165, 1.54) is 19.2 Å². The molecule has 2 saturated carbocycles. The highest BCUT2D eigenvalue weighted by Crippen LogP contribution is 2.47. The molecule has 1 aromatic heterocycles. The number of pyridine rings is 1. The van der Waals surface area contributed by atoms with Crippen molar-refractivity contribution in [3.05, 3.63) is 35.5 Å². The number of sulfonamides is 1. The fourth-order valence-electron chi connectivity index (χ4n) is 6.66. The van der Waals surface area contributed by atoms with Crippen molar-refractivity contribution in [1.82, 2.24) is 25.2 Å². The first-order chi connectivity index (χ1) is 24.1. The number of fused-ring (bicyclic) bond motifs is 2. The van der Waals surface area contributed by atoms with Gasteiger partial charge in [-0.1, -0.05) is 37.6 Å². The maximum absolute atomic E-state index is 14.5. The summed E-state index contributed by atoms with van der Waals surface area (Å²) < 4.78 is 78.8. The third-order valence-corrected chi connectivity index (χ3v) is 13.0. The normalized spacial score (nSPS) is 30.8. The molecular weight excluding hydrogens is 731 g/mol. The van der Waals surface area contributed by atoms with E-state index in [2.05, 4.69) is 20.3 Å². The molecule has 4 amide bonds. The quantitative estimate of drug-likeness (QED) is 0.340. The number of halogens is 4. The minimum atomic E-state index is -4.90. The van der Waals surface area contributed by atoms with Gasteiger partial charge in [-0.15, -0.1) is 0 Å². The van der Waals surface area contributed by atoms with Crippen LogP contribution in [0.25, 0.3) is 0 Å². The predicted octanol–water partition coefficient (Wildman–Crippen LogP) is 4.40. The van der Waals surface area contributed by atoms with Crippen molar-refractivity contribution < 1.29 is 50.2 Å². The summed E-state index contributed by atoms with van der Waals surface area (Å²) in [6.45, 7) is 6.28. The van der Waals surface area contributed by atoms with E-state index >= 15 is 0 Å². The van der Waals surface area contributed by atoms with Crippen LogP contribution in [0.3, 0.4) is 0 Å². The molecule has 2 aliphatic heterocycles. The molecule has 5 rings (SSSR count). The van der Waals surface area contributed by atoms with E-state index < -0.39 is 85.9 Å². The van der Waals surface area contributed by atoms with Crippen molar-refractivity contribution in [3.63, 3.8) is 0 Å². The Morgan fingerprint density at radius 1 is 1.15 bits per heavy atom. The van der Waals surface area contributed by atoms with Gasteiger partial charge in [0.15, 0.2) is 0 Å². The molecule has 7 atom stereocenters. The lowest BCUT2D eigenvalue weighted by Gasteiger charge is -2.34. The molecule has 0 spiro atoms. The minimum absolute atomic E-state index is 0.0293. The van der Waals surface area contributed by atoms with Crippen LogP contribution in [-0.4, -0.2) is 88.9 Å². The Morgan fingerprint density at radius 2 is 1.85 bits per heavy atom. The highest BCUT2D eigenvalue weighted by atomic mass is 35.5. The van der Waals surface area contributed by atoms with E-state index in [0.29, 0.717) is 46.0 Å². The predicted molar refractivity (Wildman–Crippen MR) is 182 cm³/mol. The molecule has 4 aliphatic rings. The Morgan fingerprint density at radius 3 is 2.48 bits per heavy atom. The van der Waals surface area contributed by atoms with Gasteiger partial charge in [0.2, 0.25) is 33.3 Å². The molecule has 0 aromatic carbocycles. The molecule has 18 heteroatoms. The third-order valence-electron chi connectivity index (χ3n) is 10.6. The van der Waals surface area contributed by atoms with Gasteiger partial charge in [0, 0.05) is 18.5 Å². The zero-order valence-corrected chi connectivity index (χ0v) is 31.2. The van der Waals surface area contributed by atoms with Crippen LogP contribution >= 0.6 is 11.6 Å². The van der Waals surface area contributed by atoms with Crippen LogP contribution in [0.2, 0.25) is 5.02 Å². The summed E-state index contributed by atoms with van der Waals surface area (Å²) in [5.41, 5.74) is -4.51. The van der Waals surface area contributed by atoms with Gasteiger partial charge in [0.05, 0.1) is 11.3 Å². The van der Waals surface area contributed by atoms with Crippen molar-refractivity contribution in [2.24, 2.45) is 17.8 Å². The molecule has 0 radical (unpaired) electrons. The lowest BCUT2D eigenvalue weighted by molar-refractivity contribution is -0.244. The monoisotopic (exact) mass is 775 g/mol. The number of nitrogens with one attached hydrogen (secondary N) is 3. The number of rotatable bonds is 7. The third kappa shape index (κ3) is 8.29. The van der Waals surface area contributed by atoms with E-state index in [0.717, 1.165) is 4.90 Å². The molecule has 3 N–H and O–H groups in total. The average Bonchev–Trinajstić information content (AvgIpc) is 3.91. The number of carbonyl (C=O) groups is 4. The van der Waals surface area contributed by atoms with E-state index in [4.69, 9.17) is 21.1 Å². The van der Waals surface area contributed by atoms with Gasteiger partial charge in [0.25, 0.3) is 5.91 Å². The number of ether oxygens (including phenoxy) is 2. The van der Waals surface area contributed by atoms with Crippen LogP contribution < -0.4 is 20.1 Å². The smallest absolute Gasteiger partial charge is 0.427 e. The maximum atomic E-state index is 14.5. The maximum Gasteiger partial charge on any atom is 0.427 e. The summed E-state index contributed by atoms with van der Waals surface area (Å²) in [5, 5.41) is 5.25. The van der Waals surface area contributed by atoms with Crippen LogP contribution in [-0.2, 0) is 29.1 Å². The van der Waals surface area contributed by atoms with Crippen molar-refractivity contribution >= 4 is 45.4 Å². The first kappa shape index (κ1) is 39.6. The molecule has 288 valence electrons. The number of aromatic nitrogens is 1. The van der Waals surface area contributed by atoms with Crippen LogP contribution in [0, 0.1) is 17.8 Å². The summed E-state index contributed by atoms with van der Waals surface area (Å²) in [6, 6.07) is 0.375. The molecular formula is C34H45ClF3N5O8S. The van der Waals surface area contributed by atoms with Crippen LogP contribution in [0.4, 0.5) is 18.0 Å². The Hall–Kier alpha value is -3.60. The first-order valence-electron chi connectivity index (χ1n) is 17.3. The molecule has 2 aliphatic carbocycles. The highest BCUT2D eigenvalue weighted by Gasteiger charge is 2.63. The zero-order chi connectivity index (χ0) is 38.4. The number of hydrogen-bond donors (Lipinski definition) is 3. The van der Waals surface area contributed by atoms with Gasteiger partial charge < -0.3 is 25.0 Å². The standard InChI is InChI=1S/C34H45ClF3N5O8S/c1-19-9-6-7-10-21-17-33(21,29(46)42-52(48,49)32(5)12-13-32)41-26(44)24-16-22(50-27-23(35)11-8-14-39-27)18-43(24)28(45)25(20(2)15-19)40-30(47)51-31(3,4)34(36,37)38/h7-8,10-11,14,19-22,24-25H,6,9,12-13,15-18H2,1-5H3,(H,40,47)(H,41,44)(H,42,46). The van der Waals surface area contributed by atoms with Gasteiger partial charge in [-0.25, -0.2) is 18.2 Å². The lowest BCUT2D eigenvalue weighted by atomic mass is 9.88. The fraction of sp³-hybridized carbons (Fsp3) is 0.676. The SMILES string of the molecule is CC1CCC=CC2CC2(C(=O)NS(=O)(=O)C2(C)CC2)NC(=O)C2CC(Oc3ncccc3Cl)CN2C(=O)C(NC(=O)OC(C)(C)C(F)(F)F)C(C)C1. The van der Waals surface area contributed by atoms with Gasteiger partial charge in [-0.2, -0.15) is 13.2 Å². The van der Waals surface area contributed by atoms with Gasteiger partial charge in [-0.3, -0.25) is 19.1 Å². The number of nitrogens with zero attached hydrogens (tertiary/aromatic N) is 2. The first-order valence-corrected chi connectivity index (χ1v) is 19.1. The van der Waals surface area contributed by atoms with Gasteiger partial charge in [-0.05, 0) is 83.3 Å². The second kappa shape index (κ2) is 14.3. The number of alkyl halides is 3. The van der Waals surface area contributed by atoms with Crippen molar-refractivity contribution in [2.45, 2.75) is 120 Å². The van der Waals surface area contributed by atoms with Gasteiger partial charge in [0.1, 0.15) is 28.7 Å². The molecule has 0 bridgehead atoms. The van der Waals surface area contributed by atoms with Crippen LogP contribution in [0.5, 0.6) is 5.88 Å². The van der Waals surface area contributed by atoms with E-state index in [1.807, 2.05) is 13.0 Å². The Balaban J connectivity index is 1.49. The average molecular weight is 776 g/mol. The molecule has 52 heavy (non-hydrogen) atoms. The van der Waals surface area contributed by atoms with Gasteiger partial charge >= 0.3 is 12.3 Å². The number of hydrogen-bond acceptors (Lipinski definition) is 9. The summed E-state index contributed by atoms with van der Waals surface area (Å²) >= 11 is 6.26. The fourth-order valence-corrected chi connectivity index (χ4v) is 8.14. The molecule has 3 heterocycles. The highest BCUT2D eigenvalue weighted by molar-refractivity contribution is 7.91. The Labute approximate surface area is 305 Å². The minimum Gasteiger partial charge on any atom is -0.471 e. The Kier molecular flexibility index (Phi) is 10.9. The molecule has 7 unspecified atom stereocenters. The number of alkyl carbamates (subject to hydrolysis) is 1. The topological polar surface area (TPSA) is 173 Å². The van der Waals surface area contributed by atoms with E-state index in [1.54, 1.807) is 19.1 Å². The van der Waals surface area contributed by atoms with Crippen molar-refractivity contribution in [1.29, 1.82) is 0 Å². The van der Waals surface area contributed by atoms with Crippen molar-refractivity contribution in [3.8, 4) is 5.88 Å². The Bertz CT molecular complexity index is 1720. The van der Waals surface area contributed by atoms with Crippen LogP contribution in [0.1, 0.15) is 79.6 Å². The van der Waals surface area contributed by atoms with E-state index in [9.17, 15) is 40.8 Å². The van der Waals surface area contributed by atoms with Crippen LogP contribution in [0.15, 0.2) is 30.5 Å². The summed E-state index contributed by atoms with van der Waals surface area (Å²) in [5.74, 6) is -3.64. The zero-order valence-electron chi connectivity index (χ0n) is 29.6. The molecule has 3 fully saturated rings. The molecule has 13 nitrogen and oxygen atoms in total. The molecule has 1 saturated heterocycles. The number of allylic oxidation sites excluding steroid dienone is 1. The lowest BCUT2D eigenvalue weighted by Crippen LogP contribution is -2.59. The van der Waals surface area contributed by atoms with E-state index in [-0.39, 0.29) is 36.2 Å². The number of carbonyl (C=O) groups excluding carboxylic acids is 4. The largest absolute Gasteiger partial charge is 0.471 e. The van der Waals surface area contributed by atoms with Crippen molar-refractivity contribution in [2.75, 3.05) is 6.54 Å². The number of amides is 4. The second-order valence-electron chi connectivity index (χ2n) is 15.3. The summed E-state index contributed by atoms with van der Waals surface area (Å²) in [7, 11) is -4.06.